The van der Waals surface area contributed by atoms with Crippen LogP contribution < -0.4 is 4.74 Å². The average Bonchev–Trinajstić information content (AvgIpc) is 2.33. The zero-order valence-corrected chi connectivity index (χ0v) is 11.0. The second kappa shape index (κ2) is 5.49. The van der Waals surface area contributed by atoms with E-state index in [1.807, 2.05) is 12.1 Å². The van der Waals surface area contributed by atoms with Gasteiger partial charge in [-0.15, -0.1) is 0 Å². The molecular weight excluding hydrogens is 339 g/mol. The molecule has 17 heavy (non-hydrogen) atoms. The van der Waals surface area contributed by atoms with Gasteiger partial charge in [-0.3, -0.25) is 0 Å². The van der Waals surface area contributed by atoms with Crippen molar-refractivity contribution in [3.8, 4) is 5.75 Å². The molecule has 94 valence electrons. The second-order valence-electron chi connectivity index (χ2n) is 3.82. The summed E-state index contributed by atoms with van der Waals surface area (Å²) in [6, 6.07) is 7.21. The van der Waals surface area contributed by atoms with Gasteiger partial charge in [-0.05, 0) is 46.9 Å². The Morgan fingerprint density at radius 2 is 1.76 bits per heavy atom. The molecule has 0 amide bonds. The summed E-state index contributed by atoms with van der Waals surface area (Å²) in [5.74, 6) is 0.540. The Balaban J connectivity index is 2.01. The molecule has 1 aromatic rings. The van der Waals surface area contributed by atoms with E-state index in [2.05, 4.69) is 22.6 Å². The van der Waals surface area contributed by atoms with Gasteiger partial charge in [0.1, 0.15) is 24.1 Å². The number of aliphatic hydroxyl groups excluding tert-OH is 3. The summed E-state index contributed by atoms with van der Waals surface area (Å²) in [7, 11) is 0. The molecule has 2 rings (SSSR count). The molecule has 0 radical (unpaired) electrons. The minimum atomic E-state index is -1.27. The highest BCUT2D eigenvalue weighted by Crippen LogP contribution is 2.21. The number of hydrogen-bond donors (Lipinski definition) is 3. The van der Waals surface area contributed by atoms with Crippen LogP contribution >= 0.6 is 22.6 Å². The lowest BCUT2D eigenvalue weighted by atomic mass is 10.1. The molecule has 3 N–H and O–H groups in total. The van der Waals surface area contributed by atoms with Crippen LogP contribution in [0, 0.1) is 3.57 Å². The Labute approximate surface area is 112 Å². The van der Waals surface area contributed by atoms with Crippen molar-refractivity contribution in [3.63, 3.8) is 0 Å². The summed E-state index contributed by atoms with van der Waals surface area (Å²) in [5.41, 5.74) is 0. The predicted molar refractivity (Wildman–Crippen MR) is 67.5 cm³/mol. The standard InChI is InChI=1S/C11H13IO5/c12-6-1-3-7(4-2-6)17-11-10(15)9(14)8(13)5-16-11/h1-4,8-11,13-15H,5H2. The number of aliphatic hydroxyl groups is 3. The average molecular weight is 352 g/mol. The maximum Gasteiger partial charge on any atom is 0.228 e. The molecular formula is C11H13IO5. The van der Waals surface area contributed by atoms with E-state index in [1.54, 1.807) is 12.1 Å². The molecule has 0 aromatic heterocycles. The quantitative estimate of drug-likeness (QED) is 0.659. The summed E-state index contributed by atoms with van der Waals surface area (Å²) in [6.45, 7) is -0.0622. The lowest BCUT2D eigenvalue weighted by molar-refractivity contribution is -0.242. The van der Waals surface area contributed by atoms with E-state index in [9.17, 15) is 15.3 Å². The van der Waals surface area contributed by atoms with Crippen LogP contribution in [-0.4, -0.2) is 46.5 Å². The summed E-state index contributed by atoms with van der Waals surface area (Å²) in [5, 5.41) is 28.4. The van der Waals surface area contributed by atoms with Crippen molar-refractivity contribution in [2.75, 3.05) is 6.61 Å². The number of halogens is 1. The van der Waals surface area contributed by atoms with Crippen LogP contribution in [0.3, 0.4) is 0 Å². The molecule has 4 unspecified atom stereocenters. The summed E-state index contributed by atoms with van der Waals surface area (Å²) < 4.78 is 11.6. The smallest absolute Gasteiger partial charge is 0.228 e. The first-order chi connectivity index (χ1) is 8.08. The Hall–Kier alpha value is -0.410. The first-order valence-electron chi connectivity index (χ1n) is 5.16. The fourth-order valence-corrected chi connectivity index (χ4v) is 1.89. The van der Waals surface area contributed by atoms with Crippen molar-refractivity contribution in [2.24, 2.45) is 0 Å². The maximum absolute atomic E-state index is 9.66. The third-order valence-electron chi connectivity index (χ3n) is 2.52. The zero-order valence-electron chi connectivity index (χ0n) is 8.86. The van der Waals surface area contributed by atoms with Crippen LogP contribution in [0.1, 0.15) is 0 Å². The van der Waals surface area contributed by atoms with Gasteiger partial charge in [-0.25, -0.2) is 0 Å². The lowest BCUT2D eigenvalue weighted by Crippen LogP contribution is -2.54. The molecule has 6 heteroatoms. The second-order valence-corrected chi connectivity index (χ2v) is 5.07. The van der Waals surface area contributed by atoms with Crippen LogP contribution in [0.15, 0.2) is 24.3 Å². The van der Waals surface area contributed by atoms with Crippen molar-refractivity contribution >= 4 is 22.6 Å². The Kier molecular flexibility index (Phi) is 4.21. The van der Waals surface area contributed by atoms with E-state index in [-0.39, 0.29) is 6.61 Å². The number of rotatable bonds is 2. The van der Waals surface area contributed by atoms with E-state index in [4.69, 9.17) is 9.47 Å². The van der Waals surface area contributed by atoms with E-state index in [0.717, 1.165) is 3.57 Å². The zero-order chi connectivity index (χ0) is 12.4. The van der Waals surface area contributed by atoms with Crippen LogP contribution in [0.2, 0.25) is 0 Å². The monoisotopic (exact) mass is 352 g/mol. The third-order valence-corrected chi connectivity index (χ3v) is 3.24. The fourth-order valence-electron chi connectivity index (χ4n) is 1.53. The number of hydrogen-bond acceptors (Lipinski definition) is 5. The van der Waals surface area contributed by atoms with Crippen LogP contribution in [0.25, 0.3) is 0 Å². The molecule has 1 saturated heterocycles. The van der Waals surface area contributed by atoms with Gasteiger partial charge in [-0.2, -0.15) is 0 Å². The summed E-state index contributed by atoms with van der Waals surface area (Å²) in [4.78, 5) is 0. The van der Waals surface area contributed by atoms with Gasteiger partial charge in [0.05, 0.1) is 6.61 Å². The predicted octanol–water partition coefficient (Wildman–Crippen LogP) is 0.109. The molecule has 0 bridgehead atoms. The molecule has 1 aliphatic rings. The van der Waals surface area contributed by atoms with Gasteiger partial charge >= 0.3 is 0 Å². The molecule has 1 heterocycles. The summed E-state index contributed by atoms with van der Waals surface area (Å²) in [6.07, 6.45) is -4.56. The van der Waals surface area contributed by atoms with Crippen molar-refractivity contribution in [2.45, 2.75) is 24.6 Å². The number of ether oxygens (including phenoxy) is 2. The van der Waals surface area contributed by atoms with Crippen molar-refractivity contribution in [1.82, 2.24) is 0 Å². The molecule has 1 aliphatic heterocycles. The van der Waals surface area contributed by atoms with E-state index in [1.165, 1.54) is 0 Å². The highest BCUT2D eigenvalue weighted by Gasteiger charge is 2.38. The normalized spacial score (nSPS) is 33.4. The molecule has 1 aromatic carbocycles. The first kappa shape index (κ1) is 13.0. The molecule has 5 nitrogen and oxygen atoms in total. The van der Waals surface area contributed by atoms with Crippen LogP contribution in [-0.2, 0) is 4.74 Å². The topological polar surface area (TPSA) is 79.2 Å². The van der Waals surface area contributed by atoms with Gasteiger partial charge < -0.3 is 24.8 Å². The van der Waals surface area contributed by atoms with Crippen molar-refractivity contribution < 1.29 is 24.8 Å². The Bertz CT molecular complexity index is 369. The van der Waals surface area contributed by atoms with Gasteiger partial charge in [0.25, 0.3) is 0 Å². The van der Waals surface area contributed by atoms with E-state index >= 15 is 0 Å². The summed E-state index contributed by atoms with van der Waals surface area (Å²) >= 11 is 2.17. The van der Waals surface area contributed by atoms with Crippen molar-refractivity contribution in [1.29, 1.82) is 0 Å². The molecule has 0 aliphatic carbocycles. The Morgan fingerprint density at radius 3 is 2.41 bits per heavy atom. The number of benzene rings is 1. The van der Waals surface area contributed by atoms with Gasteiger partial charge in [0, 0.05) is 3.57 Å². The van der Waals surface area contributed by atoms with E-state index in [0.29, 0.717) is 5.75 Å². The fraction of sp³-hybridized carbons (Fsp3) is 0.455. The highest BCUT2D eigenvalue weighted by atomic mass is 127. The van der Waals surface area contributed by atoms with Gasteiger partial charge in [-0.1, -0.05) is 0 Å². The first-order valence-corrected chi connectivity index (χ1v) is 6.24. The van der Waals surface area contributed by atoms with Gasteiger partial charge in [0.15, 0.2) is 0 Å². The van der Waals surface area contributed by atoms with Crippen LogP contribution in [0.4, 0.5) is 0 Å². The molecule has 0 saturated carbocycles. The Morgan fingerprint density at radius 1 is 1.12 bits per heavy atom. The van der Waals surface area contributed by atoms with Crippen molar-refractivity contribution in [3.05, 3.63) is 27.8 Å². The van der Waals surface area contributed by atoms with Gasteiger partial charge in [0.2, 0.25) is 6.29 Å². The molecule has 1 fully saturated rings. The van der Waals surface area contributed by atoms with E-state index < -0.39 is 24.6 Å². The maximum atomic E-state index is 9.66. The lowest BCUT2D eigenvalue weighted by Gasteiger charge is -2.34. The largest absolute Gasteiger partial charge is 0.462 e. The minimum absolute atomic E-state index is 0.0622. The molecule has 4 atom stereocenters. The molecule has 0 spiro atoms. The third kappa shape index (κ3) is 3.08. The SMILES string of the molecule is OC1COC(Oc2ccc(I)cc2)C(O)C1O. The highest BCUT2D eigenvalue weighted by molar-refractivity contribution is 14.1. The minimum Gasteiger partial charge on any atom is -0.462 e. The van der Waals surface area contributed by atoms with Crippen LogP contribution in [0.5, 0.6) is 5.75 Å².